The van der Waals surface area contributed by atoms with E-state index >= 15 is 0 Å². The zero-order valence-corrected chi connectivity index (χ0v) is 10.3. The van der Waals surface area contributed by atoms with Crippen molar-refractivity contribution in [2.24, 2.45) is 11.8 Å². The Balaban J connectivity index is 2.04. The van der Waals surface area contributed by atoms with Gasteiger partial charge in [0, 0.05) is 17.7 Å². The molecule has 2 unspecified atom stereocenters. The van der Waals surface area contributed by atoms with E-state index < -0.39 is 0 Å². The van der Waals surface area contributed by atoms with Crippen LogP contribution in [0, 0.1) is 11.8 Å². The lowest BCUT2D eigenvalue weighted by molar-refractivity contribution is -0.122. The molecule has 0 spiro atoms. The molecule has 0 N–H and O–H groups in total. The van der Waals surface area contributed by atoms with Crippen molar-refractivity contribution in [2.45, 2.75) is 32.6 Å². The molecule has 15 heavy (non-hydrogen) atoms. The molecular weight excluding hydrogens is 230 g/mol. The summed E-state index contributed by atoms with van der Waals surface area (Å²) in [5.74, 6) is 1.49. The molecule has 1 aromatic rings. The molecule has 1 fully saturated rings. The second kappa shape index (κ2) is 4.62. The zero-order chi connectivity index (χ0) is 10.8. The summed E-state index contributed by atoms with van der Waals surface area (Å²) >= 11 is 7.55. The minimum atomic E-state index is 0.402. The van der Waals surface area contributed by atoms with Gasteiger partial charge in [-0.2, -0.15) is 0 Å². The highest BCUT2D eigenvalue weighted by Gasteiger charge is 2.27. The molecule has 0 amide bonds. The third-order valence-electron chi connectivity index (χ3n) is 3.21. The van der Waals surface area contributed by atoms with E-state index in [9.17, 15) is 4.79 Å². The molecule has 4 heteroatoms. The quantitative estimate of drug-likeness (QED) is 0.798. The van der Waals surface area contributed by atoms with Crippen LogP contribution in [-0.4, -0.2) is 10.8 Å². The molecule has 1 aliphatic rings. The second-order valence-corrected chi connectivity index (χ2v) is 5.59. The van der Waals surface area contributed by atoms with Gasteiger partial charge in [-0.05, 0) is 24.7 Å². The number of hydrogen-bond acceptors (Lipinski definition) is 3. The van der Waals surface area contributed by atoms with Gasteiger partial charge in [0.05, 0.1) is 5.51 Å². The van der Waals surface area contributed by atoms with Crippen molar-refractivity contribution in [1.82, 2.24) is 4.98 Å². The number of ketones is 1. The summed E-state index contributed by atoms with van der Waals surface area (Å²) in [5, 5.41) is 0.616. The summed E-state index contributed by atoms with van der Waals surface area (Å²) in [6.45, 7) is 2.23. The fourth-order valence-electron chi connectivity index (χ4n) is 2.12. The van der Waals surface area contributed by atoms with Crippen LogP contribution in [0.15, 0.2) is 5.51 Å². The van der Waals surface area contributed by atoms with Crippen molar-refractivity contribution in [1.29, 1.82) is 0 Å². The number of aromatic nitrogens is 1. The van der Waals surface area contributed by atoms with Crippen LogP contribution in [0.1, 0.15) is 31.1 Å². The Labute approximate surface area is 98.7 Å². The predicted molar refractivity (Wildman–Crippen MR) is 62.3 cm³/mol. The van der Waals surface area contributed by atoms with E-state index in [2.05, 4.69) is 11.9 Å². The molecule has 2 atom stereocenters. The number of carbonyl (C=O) groups excluding carboxylic acids is 1. The molecular formula is C11H14ClNOS. The number of nitrogens with zero attached hydrogens (tertiary/aromatic N) is 1. The van der Waals surface area contributed by atoms with Gasteiger partial charge < -0.3 is 0 Å². The van der Waals surface area contributed by atoms with Gasteiger partial charge in [-0.3, -0.25) is 4.79 Å². The Kier molecular flexibility index (Phi) is 3.42. The van der Waals surface area contributed by atoms with Gasteiger partial charge in [0.2, 0.25) is 0 Å². The highest BCUT2D eigenvalue weighted by atomic mass is 35.5. The van der Waals surface area contributed by atoms with Crippen LogP contribution in [-0.2, 0) is 11.2 Å². The van der Waals surface area contributed by atoms with Crippen LogP contribution >= 0.6 is 22.9 Å². The third kappa shape index (κ3) is 2.58. The first-order valence-electron chi connectivity index (χ1n) is 5.26. The van der Waals surface area contributed by atoms with E-state index in [-0.39, 0.29) is 0 Å². The molecule has 0 radical (unpaired) electrons. The predicted octanol–water partition coefficient (Wildman–Crippen LogP) is 3.34. The van der Waals surface area contributed by atoms with Gasteiger partial charge in [0.25, 0.3) is 0 Å². The van der Waals surface area contributed by atoms with Crippen LogP contribution in [0.5, 0.6) is 0 Å². The molecule has 82 valence electrons. The van der Waals surface area contributed by atoms with Crippen LogP contribution in [0.2, 0.25) is 5.15 Å². The maximum absolute atomic E-state index is 11.4. The maximum atomic E-state index is 11.4. The average molecular weight is 244 g/mol. The molecule has 1 saturated carbocycles. The van der Waals surface area contributed by atoms with Gasteiger partial charge in [-0.15, -0.1) is 11.3 Å². The molecule has 1 aromatic heterocycles. The summed E-state index contributed by atoms with van der Waals surface area (Å²) < 4.78 is 0. The standard InChI is InChI=1S/C11H14ClNOS/c1-7-2-3-9(14)4-8(7)5-10-11(12)13-6-15-10/h6-8H,2-5H2,1H3. The van der Waals surface area contributed by atoms with Crippen molar-refractivity contribution in [3.05, 3.63) is 15.5 Å². The van der Waals surface area contributed by atoms with Crippen molar-refractivity contribution in [2.75, 3.05) is 0 Å². The Morgan fingerprint density at radius 1 is 1.67 bits per heavy atom. The molecule has 0 aliphatic heterocycles. The molecule has 0 aromatic carbocycles. The number of Topliss-reactive ketones (excluding diaryl/α,β-unsaturated/α-hetero) is 1. The number of thiazole rings is 1. The Bertz CT molecular complexity index is 363. The first-order chi connectivity index (χ1) is 7.16. The summed E-state index contributed by atoms with van der Waals surface area (Å²) in [6.07, 6.45) is 3.42. The van der Waals surface area contributed by atoms with Gasteiger partial charge in [0.1, 0.15) is 10.9 Å². The summed E-state index contributed by atoms with van der Waals surface area (Å²) in [7, 11) is 0. The van der Waals surface area contributed by atoms with Gasteiger partial charge in [-0.25, -0.2) is 4.98 Å². The molecule has 2 nitrogen and oxygen atoms in total. The van der Waals surface area contributed by atoms with Gasteiger partial charge in [-0.1, -0.05) is 18.5 Å². The Morgan fingerprint density at radius 2 is 2.47 bits per heavy atom. The largest absolute Gasteiger partial charge is 0.300 e. The van der Waals surface area contributed by atoms with Crippen LogP contribution in [0.4, 0.5) is 0 Å². The monoisotopic (exact) mass is 243 g/mol. The maximum Gasteiger partial charge on any atom is 0.143 e. The molecule has 2 rings (SSSR count). The van der Waals surface area contributed by atoms with Crippen molar-refractivity contribution >= 4 is 28.7 Å². The second-order valence-electron chi connectivity index (χ2n) is 4.29. The highest BCUT2D eigenvalue weighted by molar-refractivity contribution is 7.10. The van der Waals surface area contributed by atoms with E-state index in [4.69, 9.17) is 11.6 Å². The van der Waals surface area contributed by atoms with Crippen molar-refractivity contribution < 1.29 is 4.79 Å². The lowest BCUT2D eigenvalue weighted by Gasteiger charge is -2.27. The fourth-order valence-corrected chi connectivity index (χ4v) is 3.18. The van der Waals surface area contributed by atoms with Gasteiger partial charge in [0.15, 0.2) is 0 Å². The van der Waals surface area contributed by atoms with E-state index in [0.29, 0.717) is 22.8 Å². The average Bonchev–Trinajstić information content (AvgIpc) is 2.58. The van der Waals surface area contributed by atoms with E-state index in [1.807, 2.05) is 0 Å². The minimum absolute atomic E-state index is 0.402. The van der Waals surface area contributed by atoms with E-state index in [1.54, 1.807) is 16.8 Å². The topological polar surface area (TPSA) is 30.0 Å². The number of carbonyl (C=O) groups is 1. The number of rotatable bonds is 2. The first-order valence-corrected chi connectivity index (χ1v) is 6.52. The van der Waals surface area contributed by atoms with Crippen molar-refractivity contribution in [3.63, 3.8) is 0 Å². The molecule has 1 heterocycles. The molecule has 1 aliphatic carbocycles. The SMILES string of the molecule is CC1CCC(=O)CC1Cc1scnc1Cl. The van der Waals surface area contributed by atoms with E-state index in [0.717, 1.165) is 30.6 Å². The van der Waals surface area contributed by atoms with Crippen LogP contribution < -0.4 is 0 Å². The van der Waals surface area contributed by atoms with Crippen LogP contribution in [0.25, 0.3) is 0 Å². The lowest BCUT2D eigenvalue weighted by Crippen LogP contribution is -2.24. The fraction of sp³-hybridized carbons (Fsp3) is 0.636. The first kappa shape index (κ1) is 11.1. The number of hydrogen-bond donors (Lipinski definition) is 0. The van der Waals surface area contributed by atoms with Crippen LogP contribution in [0.3, 0.4) is 0 Å². The smallest absolute Gasteiger partial charge is 0.143 e. The lowest BCUT2D eigenvalue weighted by atomic mass is 9.78. The Morgan fingerprint density at radius 3 is 3.13 bits per heavy atom. The summed E-state index contributed by atoms with van der Waals surface area (Å²) in [4.78, 5) is 16.5. The normalized spacial score (nSPS) is 26.9. The number of halogens is 1. The summed E-state index contributed by atoms with van der Waals surface area (Å²) in [6, 6.07) is 0. The minimum Gasteiger partial charge on any atom is -0.300 e. The Hall–Kier alpha value is -0.410. The van der Waals surface area contributed by atoms with E-state index in [1.165, 1.54) is 0 Å². The molecule has 0 saturated heterocycles. The summed E-state index contributed by atoms with van der Waals surface area (Å²) in [5.41, 5.74) is 1.77. The van der Waals surface area contributed by atoms with Crippen molar-refractivity contribution in [3.8, 4) is 0 Å². The molecule has 0 bridgehead atoms. The zero-order valence-electron chi connectivity index (χ0n) is 8.70. The van der Waals surface area contributed by atoms with Gasteiger partial charge >= 0.3 is 0 Å². The highest BCUT2D eigenvalue weighted by Crippen LogP contribution is 2.33. The third-order valence-corrected chi connectivity index (χ3v) is 4.50.